The minimum atomic E-state index is -0.947. The highest BCUT2D eigenvalue weighted by Crippen LogP contribution is 2.14. The van der Waals surface area contributed by atoms with Crippen LogP contribution in [0.4, 0.5) is 0 Å². The molecular formula is C14H26O7. The van der Waals surface area contributed by atoms with Gasteiger partial charge in [-0.05, 0) is 34.1 Å². The largest absolute Gasteiger partial charge is 0.481 e. The SMILES string of the molecule is CC(CO)OC(COC(=O)CCCC(=O)O)OC(C)(C)C. The second-order valence-corrected chi connectivity index (χ2v) is 5.72. The predicted octanol–water partition coefficient (Wildman–Crippen LogP) is 1.32. The molecule has 0 heterocycles. The van der Waals surface area contributed by atoms with Crippen molar-refractivity contribution < 1.29 is 34.0 Å². The first-order valence-corrected chi connectivity index (χ1v) is 6.95. The summed E-state index contributed by atoms with van der Waals surface area (Å²) < 4.78 is 16.0. The Morgan fingerprint density at radius 3 is 2.29 bits per heavy atom. The van der Waals surface area contributed by atoms with Crippen molar-refractivity contribution in [1.82, 2.24) is 0 Å². The second kappa shape index (κ2) is 9.70. The van der Waals surface area contributed by atoms with Crippen LogP contribution in [0.25, 0.3) is 0 Å². The van der Waals surface area contributed by atoms with E-state index < -0.39 is 29.9 Å². The van der Waals surface area contributed by atoms with E-state index in [0.717, 1.165) is 0 Å². The first-order valence-electron chi connectivity index (χ1n) is 6.95. The van der Waals surface area contributed by atoms with Gasteiger partial charge in [-0.3, -0.25) is 9.59 Å². The van der Waals surface area contributed by atoms with E-state index >= 15 is 0 Å². The zero-order valence-corrected chi connectivity index (χ0v) is 13.1. The molecule has 0 rings (SSSR count). The molecule has 124 valence electrons. The molecule has 0 aromatic heterocycles. The molecule has 21 heavy (non-hydrogen) atoms. The van der Waals surface area contributed by atoms with Crippen molar-refractivity contribution >= 4 is 11.9 Å². The summed E-state index contributed by atoms with van der Waals surface area (Å²) in [7, 11) is 0. The van der Waals surface area contributed by atoms with Gasteiger partial charge in [0, 0.05) is 12.8 Å². The summed E-state index contributed by atoms with van der Waals surface area (Å²) in [6.45, 7) is 6.91. The second-order valence-electron chi connectivity index (χ2n) is 5.72. The third kappa shape index (κ3) is 12.3. The molecule has 2 atom stereocenters. The minimum absolute atomic E-state index is 0.0318. The Morgan fingerprint density at radius 1 is 1.19 bits per heavy atom. The van der Waals surface area contributed by atoms with Crippen LogP contribution in [0.5, 0.6) is 0 Å². The lowest BCUT2D eigenvalue weighted by Gasteiger charge is -2.28. The number of aliphatic hydroxyl groups excluding tert-OH is 1. The van der Waals surface area contributed by atoms with Crippen molar-refractivity contribution in [2.75, 3.05) is 13.2 Å². The van der Waals surface area contributed by atoms with Gasteiger partial charge in [0.2, 0.25) is 0 Å². The van der Waals surface area contributed by atoms with E-state index in [1.54, 1.807) is 6.92 Å². The van der Waals surface area contributed by atoms with Crippen LogP contribution in [0.2, 0.25) is 0 Å². The number of esters is 1. The van der Waals surface area contributed by atoms with Gasteiger partial charge in [-0.15, -0.1) is 0 Å². The number of ether oxygens (including phenoxy) is 3. The Kier molecular flexibility index (Phi) is 9.16. The Balaban J connectivity index is 4.21. The van der Waals surface area contributed by atoms with Crippen molar-refractivity contribution in [2.45, 2.75) is 65.0 Å². The Bertz CT molecular complexity index is 322. The number of carbonyl (C=O) groups excluding carboxylic acids is 1. The minimum Gasteiger partial charge on any atom is -0.481 e. The Morgan fingerprint density at radius 2 is 1.81 bits per heavy atom. The van der Waals surface area contributed by atoms with E-state index in [0.29, 0.717) is 0 Å². The summed E-state index contributed by atoms with van der Waals surface area (Å²) >= 11 is 0. The number of hydrogen-bond donors (Lipinski definition) is 2. The first-order chi connectivity index (χ1) is 9.64. The average molecular weight is 306 g/mol. The van der Waals surface area contributed by atoms with Crippen LogP contribution in [-0.2, 0) is 23.8 Å². The number of rotatable bonds is 10. The number of carboxylic acids is 1. The van der Waals surface area contributed by atoms with Gasteiger partial charge in [-0.2, -0.15) is 0 Å². The van der Waals surface area contributed by atoms with Crippen LogP contribution in [0.3, 0.4) is 0 Å². The zero-order chi connectivity index (χ0) is 16.5. The quantitative estimate of drug-likeness (QED) is 0.463. The molecule has 7 nitrogen and oxygen atoms in total. The first kappa shape index (κ1) is 19.8. The molecule has 0 aliphatic carbocycles. The topological polar surface area (TPSA) is 102 Å². The van der Waals surface area contributed by atoms with E-state index in [2.05, 4.69) is 0 Å². The molecule has 2 N–H and O–H groups in total. The van der Waals surface area contributed by atoms with Crippen molar-refractivity contribution in [2.24, 2.45) is 0 Å². The van der Waals surface area contributed by atoms with E-state index in [9.17, 15) is 9.59 Å². The fourth-order valence-corrected chi connectivity index (χ4v) is 1.41. The van der Waals surface area contributed by atoms with Crippen LogP contribution in [0, 0.1) is 0 Å². The summed E-state index contributed by atoms with van der Waals surface area (Å²) in [6.07, 6.45) is -1.04. The molecule has 0 saturated carbocycles. The molecule has 7 heteroatoms. The lowest BCUT2D eigenvalue weighted by molar-refractivity contribution is -0.235. The standard InChI is InChI=1S/C14H26O7/c1-10(8-15)20-13(21-14(2,3)4)9-19-12(18)7-5-6-11(16)17/h10,13,15H,5-9H2,1-4H3,(H,16,17). The molecular weight excluding hydrogens is 280 g/mol. The van der Waals surface area contributed by atoms with Gasteiger partial charge in [-0.1, -0.05) is 0 Å². The maximum atomic E-state index is 11.5. The van der Waals surface area contributed by atoms with Gasteiger partial charge >= 0.3 is 11.9 Å². The van der Waals surface area contributed by atoms with Gasteiger partial charge < -0.3 is 24.4 Å². The monoisotopic (exact) mass is 306 g/mol. The van der Waals surface area contributed by atoms with E-state index in [4.69, 9.17) is 24.4 Å². The van der Waals surface area contributed by atoms with Gasteiger partial charge in [0.15, 0.2) is 6.29 Å². The fourth-order valence-electron chi connectivity index (χ4n) is 1.41. The van der Waals surface area contributed by atoms with Gasteiger partial charge in [0.25, 0.3) is 0 Å². The van der Waals surface area contributed by atoms with Crippen LogP contribution in [0.15, 0.2) is 0 Å². The zero-order valence-electron chi connectivity index (χ0n) is 13.1. The molecule has 0 spiro atoms. The Labute approximate surface area is 125 Å². The summed E-state index contributed by atoms with van der Waals surface area (Å²) in [4.78, 5) is 21.8. The fraction of sp³-hybridized carbons (Fsp3) is 0.857. The molecule has 2 unspecified atom stereocenters. The van der Waals surface area contributed by atoms with Gasteiger partial charge in [-0.25, -0.2) is 0 Å². The molecule has 0 bridgehead atoms. The predicted molar refractivity (Wildman–Crippen MR) is 74.7 cm³/mol. The number of aliphatic hydroxyl groups is 1. The van der Waals surface area contributed by atoms with Crippen LogP contribution in [-0.4, -0.2) is 53.4 Å². The Hall–Kier alpha value is -1.18. The van der Waals surface area contributed by atoms with Crippen molar-refractivity contribution in [1.29, 1.82) is 0 Å². The summed E-state index contributed by atoms with van der Waals surface area (Å²) in [5.74, 6) is -1.45. The third-order valence-electron chi connectivity index (χ3n) is 2.28. The number of carboxylic acid groups (broad SMARTS) is 1. The highest BCUT2D eigenvalue weighted by Gasteiger charge is 2.22. The third-order valence-corrected chi connectivity index (χ3v) is 2.28. The summed E-state index contributed by atoms with van der Waals surface area (Å²) in [5, 5.41) is 17.5. The molecule has 0 saturated heterocycles. The van der Waals surface area contributed by atoms with Crippen LogP contribution >= 0.6 is 0 Å². The number of aliphatic carboxylic acids is 1. The molecule has 0 amide bonds. The van der Waals surface area contributed by atoms with Crippen molar-refractivity contribution in [3.63, 3.8) is 0 Å². The van der Waals surface area contributed by atoms with E-state index in [1.807, 2.05) is 20.8 Å². The molecule has 0 fully saturated rings. The van der Waals surface area contributed by atoms with E-state index in [-0.39, 0.29) is 32.5 Å². The molecule has 0 aliphatic rings. The number of carbonyl (C=O) groups is 2. The van der Waals surface area contributed by atoms with Crippen LogP contribution < -0.4 is 0 Å². The smallest absolute Gasteiger partial charge is 0.305 e. The maximum absolute atomic E-state index is 11.5. The summed E-state index contributed by atoms with van der Waals surface area (Å²) in [6, 6.07) is 0. The lowest BCUT2D eigenvalue weighted by Crippen LogP contribution is -2.36. The normalized spacial score (nSPS) is 14.5. The van der Waals surface area contributed by atoms with Gasteiger partial charge in [0.1, 0.15) is 6.61 Å². The average Bonchev–Trinajstić information content (AvgIpc) is 2.33. The number of hydrogen-bond acceptors (Lipinski definition) is 6. The molecule has 0 aliphatic heterocycles. The van der Waals surface area contributed by atoms with E-state index in [1.165, 1.54) is 0 Å². The van der Waals surface area contributed by atoms with Gasteiger partial charge in [0.05, 0.1) is 18.3 Å². The maximum Gasteiger partial charge on any atom is 0.305 e. The molecule has 0 radical (unpaired) electrons. The lowest BCUT2D eigenvalue weighted by atomic mass is 10.2. The highest BCUT2D eigenvalue weighted by molar-refractivity contribution is 5.71. The summed E-state index contributed by atoms with van der Waals surface area (Å²) in [5.41, 5.74) is -0.491. The van der Waals surface area contributed by atoms with Crippen LogP contribution in [0.1, 0.15) is 47.0 Å². The molecule has 0 aromatic carbocycles. The molecule has 0 aromatic rings. The van der Waals surface area contributed by atoms with Crippen molar-refractivity contribution in [3.8, 4) is 0 Å². The highest BCUT2D eigenvalue weighted by atomic mass is 16.7. The van der Waals surface area contributed by atoms with Crippen molar-refractivity contribution in [3.05, 3.63) is 0 Å².